The Labute approximate surface area is 44.3 Å². The standard InChI is InChI=1S/C5H10N2/c1-3-5-7(6)4-2/h1H,4-6H2,2H3. The smallest absolute Gasteiger partial charge is 0.0737 e. The highest BCUT2D eigenvalue weighted by Crippen LogP contribution is 1.69. The number of nitrogens with two attached hydrogens (primary N) is 1. The van der Waals surface area contributed by atoms with Gasteiger partial charge in [0.2, 0.25) is 0 Å². The Morgan fingerprint density at radius 1 is 1.86 bits per heavy atom. The number of rotatable bonds is 2. The molecule has 0 bridgehead atoms. The predicted molar refractivity (Wildman–Crippen MR) is 30.3 cm³/mol. The van der Waals surface area contributed by atoms with Crippen LogP contribution in [0, 0.1) is 12.3 Å². The zero-order chi connectivity index (χ0) is 5.70. The average molecular weight is 98.1 g/mol. The van der Waals surface area contributed by atoms with Gasteiger partial charge in [-0.1, -0.05) is 12.8 Å². The molecule has 2 heteroatoms. The first kappa shape index (κ1) is 6.48. The Hall–Kier alpha value is -0.520. The zero-order valence-electron chi connectivity index (χ0n) is 4.52. The van der Waals surface area contributed by atoms with Crippen molar-refractivity contribution in [1.82, 2.24) is 5.01 Å². The Kier molecular flexibility index (Phi) is 3.39. The maximum Gasteiger partial charge on any atom is 0.0737 e. The number of hydrazine groups is 1. The molecular weight excluding hydrogens is 88.1 g/mol. The van der Waals surface area contributed by atoms with Crippen molar-refractivity contribution < 1.29 is 0 Å². The van der Waals surface area contributed by atoms with Crippen LogP contribution in [0.3, 0.4) is 0 Å². The SMILES string of the molecule is C#CCN(N)CC. The first-order chi connectivity index (χ1) is 3.31. The van der Waals surface area contributed by atoms with Gasteiger partial charge in [-0.3, -0.25) is 5.84 Å². The molecule has 0 aromatic carbocycles. The summed E-state index contributed by atoms with van der Waals surface area (Å²) in [6.07, 6.45) is 4.93. The average Bonchev–Trinajstić information content (AvgIpc) is 1.68. The third-order valence-electron chi connectivity index (χ3n) is 0.701. The Morgan fingerprint density at radius 3 is 2.57 bits per heavy atom. The van der Waals surface area contributed by atoms with E-state index in [1.165, 1.54) is 0 Å². The monoisotopic (exact) mass is 98.1 g/mol. The van der Waals surface area contributed by atoms with E-state index >= 15 is 0 Å². The molecule has 0 spiro atoms. The van der Waals surface area contributed by atoms with Gasteiger partial charge >= 0.3 is 0 Å². The van der Waals surface area contributed by atoms with E-state index in [1.54, 1.807) is 5.01 Å². The van der Waals surface area contributed by atoms with Crippen molar-refractivity contribution in [2.24, 2.45) is 5.84 Å². The Morgan fingerprint density at radius 2 is 2.43 bits per heavy atom. The molecule has 2 N–H and O–H groups in total. The predicted octanol–water partition coefficient (Wildman–Crippen LogP) is -0.185. The van der Waals surface area contributed by atoms with Crippen molar-refractivity contribution in [3.8, 4) is 12.3 Å². The number of terminal acetylenes is 1. The van der Waals surface area contributed by atoms with Crippen LogP contribution in [-0.4, -0.2) is 18.1 Å². The van der Waals surface area contributed by atoms with Crippen molar-refractivity contribution >= 4 is 0 Å². The highest BCUT2D eigenvalue weighted by molar-refractivity contribution is 4.86. The van der Waals surface area contributed by atoms with Crippen molar-refractivity contribution in [1.29, 1.82) is 0 Å². The fourth-order valence-corrected chi connectivity index (χ4v) is 0.229. The lowest BCUT2D eigenvalue weighted by Gasteiger charge is -2.06. The van der Waals surface area contributed by atoms with Crippen LogP contribution in [0.2, 0.25) is 0 Å². The normalized spacial score (nSPS) is 8.86. The molecule has 0 aromatic rings. The van der Waals surface area contributed by atoms with Crippen LogP contribution in [0.15, 0.2) is 0 Å². The van der Waals surface area contributed by atoms with Gasteiger partial charge in [0.1, 0.15) is 0 Å². The summed E-state index contributed by atoms with van der Waals surface area (Å²) >= 11 is 0. The van der Waals surface area contributed by atoms with Crippen LogP contribution in [-0.2, 0) is 0 Å². The molecule has 7 heavy (non-hydrogen) atoms. The number of nitrogens with zero attached hydrogens (tertiary/aromatic N) is 1. The highest BCUT2D eigenvalue weighted by atomic mass is 15.4. The summed E-state index contributed by atoms with van der Waals surface area (Å²) in [4.78, 5) is 0. The molecule has 2 nitrogen and oxygen atoms in total. The maximum atomic E-state index is 5.27. The van der Waals surface area contributed by atoms with Crippen molar-refractivity contribution in [2.75, 3.05) is 13.1 Å². The summed E-state index contributed by atoms with van der Waals surface area (Å²) in [6, 6.07) is 0. The second-order valence-corrected chi connectivity index (χ2v) is 1.27. The topological polar surface area (TPSA) is 29.3 Å². The molecule has 0 aliphatic carbocycles. The van der Waals surface area contributed by atoms with Crippen LogP contribution >= 0.6 is 0 Å². The molecule has 0 saturated heterocycles. The van der Waals surface area contributed by atoms with Gasteiger partial charge in [0.05, 0.1) is 6.54 Å². The summed E-state index contributed by atoms with van der Waals surface area (Å²) in [6.45, 7) is 3.30. The second kappa shape index (κ2) is 3.66. The van der Waals surface area contributed by atoms with Crippen molar-refractivity contribution in [3.05, 3.63) is 0 Å². The van der Waals surface area contributed by atoms with Gasteiger partial charge in [0.15, 0.2) is 0 Å². The molecule has 0 unspecified atom stereocenters. The summed E-state index contributed by atoms with van der Waals surface area (Å²) in [5.74, 6) is 7.69. The zero-order valence-corrected chi connectivity index (χ0v) is 4.52. The van der Waals surface area contributed by atoms with E-state index in [0.717, 1.165) is 6.54 Å². The number of hydrogen-bond donors (Lipinski definition) is 1. The maximum absolute atomic E-state index is 5.27. The molecule has 0 heterocycles. The molecule has 0 atom stereocenters. The lowest BCUT2D eigenvalue weighted by molar-refractivity contribution is 0.338. The van der Waals surface area contributed by atoms with Gasteiger partial charge in [0.25, 0.3) is 0 Å². The van der Waals surface area contributed by atoms with Crippen LogP contribution in [0.1, 0.15) is 6.92 Å². The lowest BCUT2D eigenvalue weighted by Crippen LogP contribution is -2.30. The third kappa shape index (κ3) is 3.31. The van der Waals surface area contributed by atoms with Gasteiger partial charge < -0.3 is 0 Å². The van der Waals surface area contributed by atoms with E-state index < -0.39 is 0 Å². The molecule has 0 fully saturated rings. The fraction of sp³-hybridized carbons (Fsp3) is 0.600. The highest BCUT2D eigenvalue weighted by Gasteiger charge is 1.84. The number of hydrogen-bond acceptors (Lipinski definition) is 2. The van der Waals surface area contributed by atoms with Gasteiger partial charge in [-0.15, -0.1) is 6.42 Å². The molecule has 0 saturated carbocycles. The Balaban J connectivity index is 3.03. The van der Waals surface area contributed by atoms with Gasteiger partial charge in [0, 0.05) is 6.54 Å². The minimum Gasteiger partial charge on any atom is -0.268 e. The van der Waals surface area contributed by atoms with E-state index in [9.17, 15) is 0 Å². The molecule has 0 amide bonds. The molecule has 0 aliphatic heterocycles. The van der Waals surface area contributed by atoms with E-state index in [2.05, 4.69) is 5.92 Å². The third-order valence-corrected chi connectivity index (χ3v) is 0.701. The van der Waals surface area contributed by atoms with Crippen LogP contribution < -0.4 is 5.84 Å². The molecule has 0 aliphatic rings. The molecule has 40 valence electrons. The van der Waals surface area contributed by atoms with Crippen molar-refractivity contribution in [2.45, 2.75) is 6.92 Å². The summed E-state index contributed by atoms with van der Waals surface area (Å²) in [5, 5.41) is 1.57. The minimum absolute atomic E-state index is 0.538. The van der Waals surface area contributed by atoms with Crippen molar-refractivity contribution in [3.63, 3.8) is 0 Å². The van der Waals surface area contributed by atoms with Crippen LogP contribution in [0.4, 0.5) is 0 Å². The summed E-state index contributed by atoms with van der Waals surface area (Å²) < 4.78 is 0. The van der Waals surface area contributed by atoms with E-state index in [0.29, 0.717) is 6.54 Å². The Bertz CT molecular complexity index is 72.6. The first-order valence-corrected chi connectivity index (χ1v) is 2.24. The summed E-state index contributed by atoms with van der Waals surface area (Å²) in [5.41, 5.74) is 0. The quantitative estimate of drug-likeness (QED) is 0.295. The second-order valence-electron chi connectivity index (χ2n) is 1.27. The van der Waals surface area contributed by atoms with E-state index in [1.807, 2.05) is 6.92 Å². The fourth-order valence-electron chi connectivity index (χ4n) is 0.229. The first-order valence-electron chi connectivity index (χ1n) is 2.24. The molecule has 0 rings (SSSR count). The van der Waals surface area contributed by atoms with E-state index in [4.69, 9.17) is 12.3 Å². The minimum atomic E-state index is 0.538. The van der Waals surface area contributed by atoms with Gasteiger partial charge in [-0.25, -0.2) is 5.01 Å². The van der Waals surface area contributed by atoms with E-state index in [-0.39, 0.29) is 0 Å². The largest absolute Gasteiger partial charge is 0.268 e. The van der Waals surface area contributed by atoms with Crippen LogP contribution in [0.5, 0.6) is 0 Å². The molecular formula is C5H10N2. The molecule has 0 radical (unpaired) electrons. The summed E-state index contributed by atoms with van der Waals surface area (Å²) in [7, 11) is 0. The van der Waals surface area contributed by atoms with Gasteiger partial charge in [-0.05, 0) is 0 Å². The lowest BCUT2D eigenvalue weighted by atomic mass is 10.6. The van der Waals surface area contributed by atoms with Crippen LogP contribution in [0.25, 0.3) is 0 Å². The van der Waals surface area contributed by atoms with Gasteiger partial charge in [-0.2, -0.15) is 0 Å². The molecule has 0 aromatic heterocycles.